The molecule has 0 bridgehead atoms. The van der Waals surface area contributed by atoms with Gasteiger partial charge in [0, 0.05) is 13.5 Å². The van der Waals surface area contributed by atoms with Crippen molar-refractivity contribution in [2.75, 3.05) is 13.6 Å². The van der Waals surface area contributed by atoms with Crippen LogP contribution in [-0.4, -0.2) is 59.2 Å². The zero-order valence-electron chi connectivity index (χ0n) is 12.8. The average molecular weight is 303 g/mol. The minimum atomic E-state index is -1.72. The van der Waals surface area contributed by atoms with Crippen molar-refractivity contribution in [1.82, 2.24) is 9.80 Å². The van der Waals surface area contributed by atoms with E-state index in [1.54, 1.807) is 20.8 Å². The number of imide groups is 1. The van der Waals surface area contributed by atoms with Crippen molar-refractivity contribution in [3.05, 3.63) is 0 Å². The van der Waals surface area contributed by atoms with Crippen LogP contribution >= 0.6 is 0 Å². The number of esters is 1. The van der Waals surface area contributed by atoms with Crippen molar-refractivity contribution in [2.24, 2.45) is 5.73 Å². The highest BCUT2D eigenvalue weighted by molar-refractivity contribution is 6.06. The van der Waals surface area contributed by atoms with Crippen molar-refractivity contribution in [3.8, 4) is 0 Å². The summed E-state index contributed by atoms with van der Waals surface area (Å²) in [5.74, 6) is -1.42. The molecule has 1 aliphatic heterocycles. The van der Waals surface area contributed by atoms with Crippen LogP contribution in [0.4, 0.5) is 9.18 Å². The zero-order chi connectivity index (χ0) is 16.4. The van der Waals surface area contributed by atoms with E-state index in [1.807, 2.05) is 0 Å². The first-order valence-corrected chi connectivity index (χ1v) is 6.82. The van der Waals surface area contributed by atoms with Crippen LogP contribution in [-0.2, 0) is 14.3 Å². The molecule has 0 aromatic rings. The first-order valence-electron chi connectivity index (χ1n) is 6.82. The van der Waals surface area contributed by atoms with Crippen LogP contribution in [0, 0.1) is 0 Å². The van der Waals surface area contributed by atoms with Gasteiger partial charge in [0.05, 0.1) is 6.54 Å². The van der Waals surface area contributed by atoms with Crippen LogP contribution < -0.4 is 5.73 Å². The predicted octanol–water partition coefficient (Wildman–Crippen LogP) is 0.625. The molecule has 1 fully saturated rings. The molecule has 21 heavy (non-hydrogen) atoms. The smallest absolute Gasteiger partial charge is 0.327 e. The number of likely N-dealkylation sites (N-methyl/N-ethyl adjacent to an activating group) is 1. The summed E-state index contributed by atoms with van der Waals surface area (Å²) in [6, 6.07) is -1.81. The minimum absolute atomic E-state index is 0.0792. The van der Waals surface area contributed by atoms with Gasteiger partial charge >= 0.3 is 12.0 Å². The lowest BCUT2D eigenvalue weighted by molar-refractivity contribution is -0.160. The Morgan fingerprint density at radius 2 is 2.00 bits per heavy atom. The van der Waals surface area contributed by atoms with Crippen LogP contribution in [0.3, 0.4) is 0 Å². The van der Waals surface area contributed by atoms with Crippen molar-refractivity contribution in [1.29, 1.82) is 0 Å². The maximum Gasteiger partial charge on any atom is 0.327 e. The van der Waals surface area contributed by atoms with Gasteiger partial charge in [-0.15, -0.1) is 0 Å². The highest BCUT2D eigenvalue weighted by Crippen LogP contribution is 2.25. The number of urea groups is 1. The molecule has 1 heterocycles. The fraction of sp³-hybridized carbons (Fsp3) is 0.769. The van der Waals surface area contributed by atoms with Crippen molar-refractivity contribution < 1.29 is 23.5 Å². The molecule has 1 aliphatic rings. The largest absolute Gasteiger partial charge is 0.430 e. The van der Waals surface area contributed by atoms with E-state index in [0.29, 0.717) is 6.42 Å². The second-order valence-corrected chi connectivity index (χ2v) is 5.56. The van der Waals surface area contributed by atoms with E-state index < -0.39 is 35.8 Å². The Morgan fingerprint density at radius 1 is 1.43 bits per heavy atom. The number of rotatable bonds is 6. The molecular formula is C13H22FN3O4. The fourth-order valence-electron chi connectivity index (χ4n) is 1.91. The maximum absolute atomic E-state index is 13.2. The quantitative estimate of drug-likeness (QED) is 0.573. The second-order valence-electron chi connectivity index (χ2n) is 5.56. The van der Waals surface area contributed by atoms with E-state index in [0.717, 1.165) is 4.90 Å². The van der Waals surface area contributed by atoms with E-state index in [4.69, 9.17) is 5.73 Å². The van der Waals surface area contributed by atoms with Gasteiger partial charge in [-0.25, -0.2) is 9.18 Å². The molecule has 7 nitrogen and oxygen atoms in total. The lowest BCUT2D eigenvalue weighted by Crippen LogP contribution is -2.47. The Kier molecular flexibility index (Phi) is 5.27. The van der Waals surface area contributed by atoms with Crippen LogP contribution in [0.15, 0.2) is 0 Å². The normalized spacial score (nSPS) is 20.7. The fourth-order valence-corrected chi connectivity index (χ4v) is 1.91. The van der Waals surface area contributed by atoms with E-state index in [9.17, 15) is 18.8 Å². The van der Waals surface area contributed by atoms with Gasteiger partial charge in [0.15, 0.2) is 0 Å². The first-order chi connectivity index (χ1) is 9.62. The standard InChI is InChI=1S/C13H22FN3O4/c1-5-6-9(14)21-10(18)8(15)7-17-11(19)13(2,3)16(4)12(17)20/h8-9H,5-7,15H2,1-4H3. The van der Waals surface area contributed by atoms with Gasteiger partial charge < -0.3 is 15.4 Å². The lowest BCUT2D eigenvalue weighted by Gasteiger charge is -2.22. The summed E-state index contributed by atoms with van der Waals surface area (Å²) in [4.78, 5) is 37.9. The Morgan fingerprint density at radius 3 is 2.43 bits per heavy atom. The Labute approximate surface area is 123 Å². The molecule has 0 spiro atoms. The van der Waals surface area contributed by atoms with Gasteiger partial charge in [0.1, 0.15) is 11.6 Å². The molecule has 2 unspecified atom stereocenters. The molecular weight excluding hydrogens is 281 g/mol. The third-order valence-electron chi connectivity index (χ3n) is 3.57. The number of alkyl halides is 1. The van der Waals surface area contributed by atoms with Gasteiger partial charge in [0.2, 0.25) is 6.36 Å². The maximum atomic E-state index is 13.2. The number of nitrogens with two attached hydrogens (primary N) is 1. The summed E-state index contributed by atoms with van der Waals surface area (Å²) in [6.07, 6.45) is -1.13. The molecule has 0 radical (unpaired) electrons. The van der Waals surface area contributed by atoms with Crippen LogP contribution in [0.25, 0.3) is 0 Å². The third-order valence-corrected chi connectivity index (χ3v) is 3.57. The molecule has 0 saturated carbocycles. The second kappa shape index (κ2) is 6.38. The first kappa shape index (κ1) is 17.4. The van der Waals surface area contributed by atoms with E-state index in [1.165, 1.54) is 11.9 Å². The number of hydrogen-bond donors (Lipinski definition) is 1. The Hall–Kier alpha value is -1.70. The number of amides is 3. The number of ether oxygens (including phenoxy) is 1. The van der Waals surface area contributed by atoms with Crippen molar-refractivity contribution >= 4 is 17.9 Å². The number of carbonyl (C=O) groups is 3. The van der Waals surface area contributed by atoms with Gasteiger partial charge in [-0.2, -0.15) is 0 Å². The highest BCUT2D eigenvalue weighted by atomic mass is 19.1. The monoisotopic (exact) mass is 303 g/mol. The predicted molar refractivity (Wildman–Crippen MR) is 72.8 cm³/mol. The highest BCUT2D eigenvalue weighted by Gasteiger charge is 2.49. The van der Waals surface area contributed by atoms with E-state index >= 15 is 0 Å². The summed E-state index contributed by atoms with van der Waals surface area (Å²) in [5, 5.41) is 0. The topological polar surface area (TPSA) is 92.9 Å². The molecule has 0 aliphatic carbocycles. The Bertz CT molecular complexity index is 441. The van der Waals surface area contributed by atoms with Gasteiger partial charge in [0.25, 0.3) is 5.91 Å². The molecule has 3 amide bonds. The third kappa shape index (κ3) is 3.49. The number of halogens is 1. The molecule has 2 N–H and O–H groups in total. The molecule has 8 heteroatoms. The molecule has 1 saturated heterocycles. The number of carbonyl (C=O) groups excluding carboxylic acids is 3. The van der Waals surface area contributed by atoms with E-state index in [-0.39, 0.29) is 13.0 Å². The van der Waals surface area contributed by atoms with Crippen LogP contribution in [0.2, 0.25) is 0 Å². The van der Waals surface area contributed by atoms with Gasteiger partial charge in [-0.05, 0) is 20.3 Å². The molecule has 1 rings (SSSR count). The van der Waals surface area contributed by atoms with E-state index in [2.05, 4.69) is 4.74 Å². The van der Waals surface area contributed by atoms with Crippen molar-refractivity contribution in [2.45, 2.75) is 51.6 Å². The molecule has 0 aromatic heterocycles. The number of hydrogen-bond acceptors (Lipinski definition) is 5. The molecule has 120 valence electrons. The summed E-state index contributed by atoms with van der Waals surface area (Å²) >= 11 is 0. The van der Waals surface area contributed by atoms with Crippen molar-refractivity contribution in [3.63, 3.8) is 0 Å². The summed E-state index contributed by atoms with van der Waals surface area (Å²) < 4.78 is 17.7. The Balaban J connectivity index is 2.67. The molecule has 2 atom stereocenters. The summed E-state index contributed by atoms with van der Waals surface area (Å²) in [7, 11) is 1.49. The van der Waals surface area contributed by atoms with Gasteiger partial charge in [-0.1, -0.05) is 6.92 Å². The minimum Gasteiger partial charge on any atom is -0.430 e. The SMILES string of the molecule is CCCC(F)OC(=O)C(N)CN1C(=O)N(C)C(C)(C)C1=O. The van der Waals surface area contributed by atoms with Crippen LogP contribution in [0.1, 0.15) is 33.6 Å². The molecule has 0 aromatic carbocycles. The van der Waals surface area contributed by atoms with Crippen LogP contribution in [0.5, 0.6) is 0 Å². The number of nitrogens with zero attached hydrogens (tertiary/aromatic N) is 2. The lowest BCUT2D eigenvalue weighted by atomic mass is 10.1. The van der Waals surface area contributed by atoms with Gasteiger partial charge in [-0.3, -0.25) is 14.5 Å². The average Bonchev–Trinajstić information content (AvgIpc) is 2.54. The summed E-state index contributed by atoms with van der Waals surface area (Å²) in [5.41, 5.74) is 4.60. The zero-order valence-corrected chi connectivity index (χ0v) is 12.8. The summed E-state index contributed by atoms with van der Waals surface area (Å²) in [6.45, 7) is 4.61.